The molecular formula is C15H14N2O4. The van der Waals surface area contributed by atoms with Crippen molar-refractivity contribution >= 4 is 17.7 Å². The number of carboxylic acid groups (broad SMARTS) is 1. The third-order valence-electron chi connectivity index (χ3n) is 2.63. The Morgan fingerprint density at radius 2 is 2.10 bits per heavy atom. The molecule has 0 atom stereocenters. The molecule has 1 amide bonds. The van der Waals surface area contributed by atoms with Crippen molar-refractivity contribution in [3.63, 3.8) is 0 Å². The highest BCUT2D eigenvalue weighted by Crippen LogP contribution is 2.12. The van der Waals surface area contributed by atoms with Crippen LogP contribution in [0.2, 0.25) is 0 Å². The summed E-state index contributed by atoms with van der Waals surface area (Å²) >= 11 is 0. The van der Waals surface area contributed by atoms with Crippen molar-refractivity contribution < 1.29 is 19.4 Å². The number of nitrogens with zero attached hydrogens (tertiary/aromatic N) is 1. The molecule has 2 rings (SSSR count). The molecule has 6 heteroatoms. The van der Waals surface area contributed by atoms with Gasteiger partial charge in [-0.25, -0.2) is 9.78 Å². The lowest BCUT2D eigenvalue weighted by Gasteiger charge is -2.07. The Morgan fingerprint density at radius 1 is 1.29 bits per heavy atom. The Kier molecular flexibility index (Phi) is 4.50. The Labute approximate surface area is 121 Å². The second-order valence-corrected chi connectivity index (χ2v) is 4.39. The lowest BCUT2D eigenvalue weighted by atomic mass is 10.2. The number of carbonyl (C=O) groups is 2. The number of hydrogen-bond acceptors (Lipinski definition) is 4. The van der Waals surface area contributed by atoms with Crippen LogP contribution >= 0.6 is 0 Å². The van der Waals surface area contributed by atoms with Crippen molar-refractivity contribution in [2.75, 3.05) is 11.9 Å². The van der Waals surface area contributed by atoms with E-state index in [4.69, 9.17) is 9.84 Å². The predicted octanol–water partition coefficient (Wildman–Crippen LogP) is 2.11. The predicted molar refractivity (Wildman–Crippen MR) is 76.5 cm³/mol. The van der Waals surface area contributed by atoms with Crippen LogP contribution in [0.1, 0.15) is 15.9 Å². The summed E-state index contributed by atoms with van der Waals surface area (Å²) in [4.78, 5) is 26.4. The molecule has 21 heavy (non-hydrogen) atoms. The van der Waals surface area contributed by atoms with E-state index in [9.17, 15) is 9.59 Å². The molecule has 1 aromatic carbocycles. The van der Waals surface area contributed by atoms with Crippen molar-refractivity contribution in [2.24, 2.45) is 0 Å². The first-order valence-electron chi connectivity index (χ1n) is 6.23. The van der Waals surface area contributed by atoms with Gasteiger partial charge in [0.05, 0.1) is 5.56 Å². The van der Waals surface area contributed by atoms with Crippen LogP contribution in [0.25, 0.3) is 0 Å². The highest BCUT2D eigenvalue weighted by Gasteiger charge is 2.08. The number of hydrogen-bond donors (Lipinski definition) is 2. The van der Waals surface area contributed by atoms with Gasteiger partial charge in [0.1, 0.15) is 11.6 Å². The summed E-state index contributed by atoms with van der Waals surface area (Å²) in [7, 11) is 0. The summed E-state index contributed by atoms with van der Waals surface area (Å²) in [6.07, 6.45) is 1.32. The highest BCUT2D eigenvalue weighted by molar-refractivity contribution is 5.93. The van der Waals surface area contributed by atoms with Crippen LogP contribution in [0, 0.1) is 6.92 Å². The van der Waals surface area contributed by atoms with Crippen LogP contribution in [0.3, 0.4) is 0 Å². The molecule has 0 radical (unpaired) electrons. The molecule has 0 spiro atoms. The summed E-state index contributed by atoms with van der Waals surface area (Å²) < 4.78 is 5.34. The van der Waals surface area contributed by atoms with Gasteiger partial charge in [0.2, 0.25) is 0 Å². The number of carboxylic acids is 1. The first-order valence-corrected chi connectivity index (χ1v) is 6.23. The van der Waals surface area contributed by atoms with E-state index in [0.717, 1.165) is 5.56 Å². The molecule has 1 aromatic heterocycles. The molecule has 2 aromatic rings. The summed E-state index contributed by atoms with van der Waals surface area (Å²) in [6.45, 7) is 1.75. The summed E-state index contributed by atoms with van der Waals surface area (Å²) in [5.74, 6) is -0.722. The van der Waals surface area contributed by atoms with Gasteiger partial charge in [-0.3, -0.25) is 4.79 Å². The lowest BCUT2D eigenvalue weighted by molar-refractivity contribution is -0.118. The average Bonchev–Trinajstić information content (AvgIpc) is 2.45. The second-order valence-electron chi connectivity index (χ2n) is 4.39. The van der Waals surface area contributed by atoms with Crippen molar-refractivity contribution in [1.29, 1.82) is 0 Å². The van der Waals surface area contributed by atoms with Crippen molar-refractivity contribution in [1.82, 2.24) is 4.98 Å². The fourth-order valence-corrected chi connectivity index (χ4v) is 1.66. The third-order valence-corrected chi connectivity index (χ3v) is 2.63. The molecule has 0 aliphatic carbocycles. The van der Waals surface area contributed by atoms with Gasteiger partial charge in [-0.2, -0.15) is 0 Å². The summed E-state index contributed by atoms with van der Waals surface area (Å²) in [5.41, 5.74) is 1.09. The zero-order valence-electron chi connectivity index (χ0n) is 11.4. The van der Waals surface area contributed by atoms with Crippen LogP contribution in [0.15, 0.2) is 42.6 Å². The summed E-state index contributed by atoms with van der Waals surface area (Å²) in [6, 6.07) is 9.96. The van der Waals surface area contributed by atoms with Crippen molar-refractivity contribution in [2.45, 2.75) is 6.92 Å². The standard InChI is InChI=1S/C15H14N2O4/c1-10-3-2-4-12(7-10)21-9-14(18)17-13-8-11(15(19)20)5-6-16-13/h2-8H,9H2,1H3,(H,19,20)(H,16,17,18). The average molecular weight is 286 g/mol. The molecule has 0 unspecified atom stereocenters. The Hall–Kier alpha value is -2.89. The number of nitrogens with one attached hydrogen (secondary N) is 1. The van der Waals surface area contributed by atoms with Gasteiger partial charge in [-0.1, -0.05) is 12.1 Å². The fraction of sp³-hybridized carbons (Fsp3) is 0.133. The lowest BCUT2D eigenvalue weighted by Crippen LogP contribution is -2.21. The fourth-order valence-electron chi connectivity index (χ4n) is 1.66. The molecule has 6 nitrogen and oxygen atoms in total. The SMILES string of the molecule is Cc1cccc(OCC(=O)Nc2cc(C(=O)O)ccn2)c1. The van der Waals surface area contributed by atoms with Gasteiger partial charge in [-0.15, -0.1) is 0 Å². The van der Waals surface area contributed by atoms with Crippen molar-refractivity contribution in [3.05, 3.63) is 53.7 Å². The molecule has 0 saturated heterocycles. The number of rotatable bonds is 5. The van der Waals surface area contributed by atoms with Crippen molar-refractivity contribution in [3.8, 4) is 5.75 Å². The molecule has 0 saturated carbocycles. The summed E-state index contributed by atoms with van der Waals surface area (Å²) in [5, 5.41) is 11.3. The van der Waals surface area contributed by atoms with E-state index >= 15 is 0 Å². The number of anilines is 1. The number of aryl methyl sites for hydroxylation is 1. The van der Waals surface area contributed by atoms with E-state index in [-0.39, 0.29) is 18.0 Å². The van der Waals surface area contributed by atoms with Gasteiger partial charge in [0.25, 0.3) is 5.91 Å². The number of aromatic carboxylic acids is 1. The molecule has 2 N–H and O–H groups in total. The molecule has 108 valence electrons. The number of carbonyl (C=O) groups excluding carboxylic acids is 1. The first kappa shape index (κ1) is 14.5. The quantitative estimate of drug-likeness (QED) is 0.878. The van der Waals surface area contributed by atoms with Crippen LogP contribution in [-0.4, -0.2) is 28.6 Å². The van der Waals surface area contributed by atoms with Gasteiger partial charge < -0.3 is 15.2 Å². The zero-order valence-corrected chi connectivity index (χ0v) is 11.4. The van der Waals surface area contributed by atoms with Gasteiger partial charge in [0, 0.05) is 6.20 Å². The Morgan fingerprint density at radius 3 is 2.81 bits per heavy atom. The number of aromatic nitrogens is 1. The van der Waals surface area contributed by atoms with Gasteiger partial charge >= 0.3 is 5.97 Å². The second kappa shape index (κ2) is 6.51. The number of pyridine rings is 1. The first-order chi connectivity index (χ1) is 10.0. The maximum absolute atomic E-state index is 11.7. The van der Waals surface area contributed by atoms with Crippen LogP contribution < -0.4 is 10.1 Å². The van der Waals surface area contributed by atoms with Gasteiger partial charge in [0.15, 0.2) is 6.61 Å². The number of ether oxygens (including phenoxy) is 1. The minimum absolute atomic E-state index is 0.0555. The Balaban J connectivity index is 1.93. The maximum atomic E-state index is 11.7. The van der Waals surface area contributed by atoms with E-state index < -0.39 is 11.9 Å². The molecule has 0 aliphatic heterocycles. The van der Waals surface area contributed by atoms with Crippen LogP contribution in [0.5, 0.6) is 5.75 Å². The van der Waals surface area contributed by atoms with E-state index in [1.165, 1.54) is 18.3 Å². The molecule has 0 fully saturated rings. The highest BCUT2D eigenvalue weighted by atomic mass is 16.5. The minimum atomic E-state index is -1.08. The van der Waals surface area contributed by atoms with Crippen LogP contribution in [-0.2, 0) is 4.79 Å². The molecule has 0 aliphatic rings. The molecule has 1 heterocycles. The Bertz CT molecular complexity index is 670. The van der Waals surface area contributed by atoms with E-state index in [1.54, 1.807) is 6.07 Å². The largest absolute Gasteiger partial charge is 0.484 e. The van der Waals surface area contributed by atoms with E-state index in [0.29, 0.717) is 5.75 Å². The van der Waals surface area contributed by atoms with E-state index in [1.807, 2.05) is 25.1 Å². The van der Waals surface area contributed by atoms with Gasteiger partial charge in [-0.05, 0) is 36.8 Å². The third kappa shape index (κ3) is 4.31. The maximum Gasteiger partial charge on any atom is 0.335 e. The zero-order chi connectivity index (χ0) is 15.2. The monoisotopic (exact) mass is 286 g/mol. The number of benzene rings is 1. The minimum Gasteiger partial charge on any atom is -0.484 e. The smallest absolute Gasteiger partial charge is 0.335 e. The molecule has 0 bridgehead atoms. The number of amides is 1. The van der Waals surface area contributed by atoms with E-state index in [2.05, 4.69) is 10.3 Å². The molecular weight excluding hydrogens is 272 g/mol. The van der Waals surface area contributed by atoms with Crippen LogP contribution in [0.4, 0.5) is 5.82 Å². The normalized spacial score (nSPS) is 9.95. The topological polar surface area (TPSA) is 88.5 Å².